The zero-order valence-electron chi connectivity index (χ0n) is 7.22. The second-order valence-corrected chi connectivity index (χ2v) is 2.93. The van der Waals surface area contributed by atoms with E-state index in [4.69, 9.17) is 5.26 Å². The zero-order valence-corrected chi connectivity index (χ0v) is 7.22. The molecule has 0 unspecified atom stereocenters. The fourth-order valence-electron chi connectivity index (χ4n) is 0.597. The van der Waals surface area contributed by atoms with Gasteiger partial charge in [-0.15, -0.1) is 0 Å². The first kappa shape index (κ1) is 9.96. The molecule has 11 heavy (non-hydrogen) atoms. The number of hydrogen-bond donors (Lipinski definition) is 1. The van der Waals surface area contributed by atoms with Gasteiger partial charge in [0.15, 0.2) is 0 Å². The van der Waals surface area contributed by atoms with Crippen molar-refractivity contribution in [1.82, 2.24) is 5.32 Å². The molecule has 0 aromatic heterocycles. The first-order valence-electron chi connectivity index (χ1n) is 3.75. The van der Waals surface area contributed by atoms with E-state index in [1.165, 1.54) is 0 Å². The van der Waals surface area contributed by atoms with Crippen LogP contribution in [0.4, 0.5) is 0 Å². The van der Waals surface area contributed by atoms with Gasteiger partial charge >= 0.3 is 0 Å². The maximum absolute atomic E-state index is 11.0. The van der Waals surface area contributed by atoms with Gasteiger partial charge < -0.3 is 5.32 Å². The predicted octanol–water partition coefficient (Wildman–Crippen LogP) is 1.06. The summed E-state index contributed by atoms with van der Waals surface area (Å²) in [6.45, 7) is 5.48. The summed E-state index contributed by atoms with van der Waals surface area (Å²) in [4.78, 5) is 11.0. The molecule has 0 heterocycles. The minimum atomic E-state index is -0.0325. The van der Waals surface area contributed by atoms with Crippen LogP contribution in [0.2, 0.25) is 0 Å². The van der Waals surface area contributed by atoms with Crippen LogP contribution in [0.5, 0.6) is 0 Å². The summed E-state index contributed by atoms with van der Waals surface area (Å²) >= 11 is 0. The quantitative estimate of drug-likeness (QED) is 0.660. The molecule has 3 nitrogen and oxygen atoms in total. The van der Waals surface area contributed by atoms with E-state index in [2.05, 4.69) is 5.32 Å². The number of nitriles is 1. The topological polar surface area (TPSA) is 52.9 Å². The molecule has 0 saturated heterocycles. The Hall–Kier alpha value is -1.04. The van der Waals surface area contributed by atoms with Crippen molar-refractivity contribution in [2.24, 2.45) is 5.92 Å². The minimum Gasteiger partial charge on any atom is -0.352 e. The minimum absolute atomic E-state index is 0.00357. The van der Waals surface area contributed by atoms with Crippen molar-refractivity contribution in [3.8, 4) is 6.07 Å². The normalized spacial score (nSPS) is 12.3. The Kier molecular flexibility index (Phi) is 4.28. The molecule has 0 aliphatic rings. The number of amides is 1. The van der Waals surface area contributed by atoms with Gasteiger partial charge in [0.1, 0.15) is 0 Å². The molecule has 0 aliphatic carbocycles. The van der Waals surface area contributed by atoms with Crippen molar-refractivity contribution in [2.45, 2.75) is 33.2 Å². The molecule has 0 spiro atoms. The van der Waals surface area contributed by atoms with Crippen LogP contribution >= 0.6 is 0 Å². The van der Waals surface area contributed by atoms with Gasteiger partial charge in [0.2, 0.25) is 5.91 Å². The lowest BCUT2D eigenvalue weighted by Gasteiger charge is -2.11. The second kappa shape index (κ2) is 4.73. The average molecular weight is 154 g/mol. The SMILES string of the molecule is CC(C)C(=O)N[C@@H](C)CC#N. The standard InChI is InChI=1S/C8H14N2O/c1-6(2)8(11)10-7(3)4-5-9/h6-7H,4H2,1-3H3,(H,10,11)/t7-/m0/s1. The number of nitrogens with one attached hydrogen (secondary N) is 1. The van der Waals surface area contributed by atoms with Crippen LogP contribution in [0, 0.1) is 17.2 Å². The summed E-state index contributed by atoms with van der Waals surface area (Å²) in [6, 6.07) is 1.96. The maximum atomic E-state index is 11.0. The molecule has 0 bridgehead atoms. The van der Waals surface area contributed by atoms with E-state index in [1.807, 2.05) is 26.8 Å². The third kappa shape index (κ3) is 4.38. The van der Waals surface area contributed by atoms with E-state index in [0.29, 0.717) is 6.42 Å². The maximum Gasteiger partial charge on any atom is 0.222 e. The van der Waals surface area contributed by atoms with E-state index >= 15 is 0 Å². The number of rotatable bonds is 3. The monoisotopic (exact) mass is 154 g/mol. The van der Waals surface area contributed by atoms with Gasteiger partial charge in [-0.1, -0.05) is 13.8 Å². The van der Waals surface area contributed by atoms with E-state index < -0.39 is 0 Å². The molecule has 1 amide bonds. The van der Waals surface area contributed by atoms with Crippen molar-refractivity contribution >= 4 is 5.91 Å². The van der Waals surface area contributed by atoms with E-state index in [9.17, 15) is 4.79 Å². The predicted molar refractivity (Wildman–Crippen MR) is 42.7 cm³/mol. The van der Waals surface area contributed by atoms with Gasteiger partial charge in [-0.2, -0.15) is 5.26 Å². The molecular weight excluding hydrogens is 140 g/mol. The van der Waals surface area contributed by atoms with Crippen molar-refractivity contribution in [1.29, 1.82) is 5.26 Å². The second-order valence-electron chi connectivity index (χ2n) is 2.93. The third-order valence-electron chi connectivity index (χ3n) is 1.31. The summed E-state index contributed by atoms with van der Waals surface area (Å²) in [6.07, 6.45) is 0.373. The molecule has 0 aliphatic heterocycles. The highest BCUT2D eigenvalue weighted by Gasteiger charge is 2.09. The number of carbonyl (C=O) groups is 1. The van der Waals surface area contributed by atoms with Gasteiger partial charge in [-0.3, -0.25) is 4.79 Å². The molecule has 0 fully saturated rings. The molecule has 3 heteroatoms. The van der Waals surface area contributed by atoms with Crippen molar-refractivity contribution < 1.29 is 4.79 Å². The Morgan fingerprint density at radius 3 is 2.45 bits per heavy atom. The molecule has 0 saturated carbocycles. The summed E-state index contributed by atoms with van der Waals surface area (Å²) in [5, 5.41) is 11.0. The molecule has 0 rings (SSSR count). The van der Waals surface area contributed by atoms with Crippen molar-refractivity contribution in [2.75, 3.05) is 0 Å². The first-order valence-corrected chi connectivity index (χ1v) is 3.75. The highest BCUT2D eigenvalue weighted by atomic mass is 16.1. The Morgan fingerprint density at radius 2 is 2.09 bits per heavy atom. The van der Waals surface area contributed by atoms with E-state index in [-0.39, 0.29) is 17.9 Å². The Morgan fingerprint density at radius 1 is 1.55 bits per heavy atom. The fourth-order valence-corrected chi connectivity index (χ4v) is 0.597. The van der Waals surface area contributed by atoms with Crippen LogP contribution in [-0.4, -0.2) is 11.9 Å². The van der Waals surface area contributed by atoms with Gasteiger partial charge in [0.25, 0.3) is 0 Å². The highest BCUT2D eigenvalue weighted by Crippen LogP contribution is 1.94. The fraction of sp³-hybridized carbons (Fsp3) is 0.750. The van der Waals surface area contributed by atoms with Crippen LogP contribution in [0.3, 0.4) is 0 Å². The van der Waals surface area contributed by atoms with Gasteiger partial charge in [0, 0.05) is 12.0 Å². The Bertz CT molecular complexity index is 169. The highest BCUT2D eigenvalue weighted by molar-refractivity contribution is 5.78. The summed E-state index contributed by atoms with van der Waals surface area (Å²) < 4.78 is 0. The van der Waals surface area contributed by atoms with E-state index in [1.54, 1.807) is 0 Å². The largest absolute Gasteiger partial charge is 0.352 e. The molecule has 1 atom stereocenters. The van der Waals surface area contributed by atoms with E-state index in [0.717, 1.165) is 0 Å². The molecule has 62 valence electrons. The van der Waals surface area contributed by atoms with Crippen LogP contribution in [0.15, 0.2) is 0 Å². The smallest absolute Gasteiger partial charge is 0.222 e. The number of carbonyl (C=O) groups excluding carboxylic acids is 1. The van der Waals surface area contributed by atoms with Gasteiger partial charge in [0.05, 0.1) is 12.5 Å². The van der Waals surface area contributed by atoms with Gasteiger partial charge in [-0.05, 0) is 6.92 Å². The molecule has 0 aromatic carbocycles. The van der Waals surface area contributed by atoms with Crippen molar-refractivity contribution in [3.63, 3.8) is 0 Å². The summed E-state index contributed by atoms with van der Waals surface area (Å²) in [5.74, 6) is 0.00360. The van der Waals surface area contributed by atoms with Crippen LogP contribution in [-0.2, 0) is 4.79 Å². The Labute approximate surface area is 67.4 Å². The molecule has 1 N–H and O–H groups in total. The summed E-state index contributed by atoms with van der Waals surface area (Å²) in [7, 11) is 0. The first-order chi connectivity index (χ1) is 5.07. The molecule has 0 radical (unpaired) electrons. The Balaban J connectivity index is 3.68. The summed E-state index contributed by atoms with van der Waals surface area (Å²) in [5.41, 5.74) is 0. The lowest BCUT2D eigenvalue weighted by molar-refractivity contribution is -0.124. The average Bonchev–Trinajstić information content (AvgIpc) is 1.87. The number of nitrogens with zero attached hydrogens (tertiary/aromatic N) is 1. The number of hydrogen-bond acceptors (Lipinski definition) is 2. The lowest BCUT2D eigenvalue weighted by atomic mass is 10.2. The zero-order chi connectivity index (χ0) is 8.85. The van der Waals surface area contributed by atoms with Crippen LogP contribution in [0.1, 0.15) is 27.2 Å². The van der Waals surface area contributed by atoms with Gasteiger partial charge in [-0.25, -0.2) is 0 Å². The van der Waals surface area contributed by atoms with Crippen molar-refractivity contribution in [3.05, 3.63) is 0 Å². The molecular formula is C8H14N2O. The molecule has 0 aromatic rings. The van der Waals surface area contributed by atoms with Crippen LogP contribution in [0.25, 0.3) is 0 Å². The lowest BCUT2D eigenvalue weighted by Crippen LogP contribution is -2.35. The van der Waals surface area contributed by atoms with Crippen LogP contribution < -0.4 is 5.32 Å². The third-order valence-corrected chi connectivity index (χ3v) is 1.31.